The average molecular weight is 209 g/mol. The van der Waals surface area contributed by atoms with Crippen molar-refractivity contribution in [3.05, 3.63) is 30.1 Å². The van der Waals surface area contributed by atoms with Crippen LogP contribution in [0.3, 0.4) is 0 Å². The number of nitriles is 1. The van der Waals surface area contributed by atoms with Gasteiger partial charge in [0.2, 0.25) is 0 Å². The summed E-state index contributed by atoms with van der Waals surface area (Å²) in [5.41, 5.74) is 2.07. The van der Waals surface area contributed by atoms with Crippen molar-refractivity contribution in [3.8, 4) is 5.97 Å². The monoisotopic (exact) mass is 209 g/mol. The zero-order valence-corrected chi connectivity index (χ0v) is 8.98. The van der Waals surface area contributed by atoms with Gasteiger partial charge in [-0.15, -0.1) is 0 Å². The minimum absolute atomic E-state index is 0.139. The second-order valence-electron chi connectivity index (χ2n) is 4.41. The predicted octanol–water partition coefficient (Wildman–Crippen LogP) is 2.54. The van der Waals surface area contributed by atoms with Gasteiger partial charge in [-0.3, -0.25) is 0 Å². The second-order valence-corrected chi connectivity index (χ2v) is 4.41. The molecular weight excluding hydrogens is 197 g/mol. The number of benzene rings is 1. The van der Waals surface area contributed by atoms with E-state index in [2.05, 4.69) is 15.9 Å². The highest BCUT2D eigenvalue weighted by Gasteiger charge is 2.34. The minimum Gasteiger partial charge on any atom is -0.342 e. The maximum atomic E-state index is 9.08. The van der Waals surface area contributed by atoms with Crippen LogP contribution >= 0.6 is 0 Å². The van der Waals surface area contributed by atoms with Crippen molar-refractivity contribution in [1.29, 1.82) is 5.26 Å². The van der Waals surface area contributed by atoms with Gasteiger partial charge in [-0.05, 0) is 18.6 Å². The molecule has 1 aliphatic heterocycles. The van der Waals surface area contributed by atoms with Gasteiger partial charge in [-0.2, -0.15) is 0 Å². The lowest BCUT2D eigenvalue weighted by molar-refractivity contribution is 0.783. The van der Waals surface area contributed by atoms with E-state index < -0.39 is 0 Å². The van der Waals surface area contributed by atoms with E-state index >= 15 is 0 Å². The molecule has 2 aromatic rings. The molecule has 3 rings (SSSR count). The smallest absolute Gasteiger partial charge is 0.278 e. The molecule has 1 saturated heterocycles. The first kappa shape index (κ1) is 9.47. The Bertz CT molecular complexity index is 522. The molecule has 1 unspecified atom stereocenters. The summed E-state index contributed by atoms with van der Waals surface area (Å²) in [4.78, 5) is 7.93. The first-order valence-corrected chi connectivity index (χ1v) is 5.73. The summed E-state index contributed by atoms with van der Waals surface area (Å²) in [5.74, 6) is 3.69. The van der Waals surface area contributed by atoms with Gasteiger partial charge in [0.1, 0.15) is 5.82 Å². The third kappa shape index (κ3) is 1.40. The van der Waals surface area contributed by atoms with Gasteiger partial charge < -0.3 is 4.98 Å². The predicted molar refractivity (Wildman–Crippen MR) is 64.2 cm³/mol. The summed E-state index contributed by atoms with van der Waals surface area (Å²) in [6.07, 6.45) is 3.23. The fraction of sp³-hybridized carbons (Fsp3) is 0.333. The van der Waals surface area contributed by atoms with E-state index in [1.807, 2.05) is 24.3 Å². The van der Waals surface area contributed by atoms with Crippen molar-refractivity contribution >= 4 is 17.7 Å². The van der Waals surface area contributed by atoms with Crippen LogP contribution in [0.1, 0.15) is 24.5 Å². The number of aromatic nitrogens is 2. The van der Waals surface area contributed by atoms with E-state index in [0.29, 0.717) is 5.82 Å². The average Bonchev–Trinajstić information content (AvgIpc) is 2.94. The van der Waals surface area contributed by atoms with Gasteiger partial charge >= 0.3 is 0 Å². The van der Waals surface area contributed by atoms with Gasteiger partial charge in [0.05, 0.1) is 11.0 Å². The molecule has 0 amide bonds. The molecule has 1 fully saturated rings. The summed E-state index contributed by atoms with van der Waals surface area (Å²) < 4.78 is 0. The van der Waals surface area contributed by atoms with Crippen LogP contribution in [0, 0.1) is 11.2 Å². The summed E-state index contributed by atoms with van der Waals surface area (Å²) >= 11 is 0. The molecule has 1 aliphatic rings. The Kier molecular flexibility index (Phi) is 2.18. The highest BCUT2D eigenvalue weighted by Crippen LogP contribution is 2.33. The number of fused-ring (bicyclic) bond motifs is 1. The Morgan fingerprint density at radius 1 is 1.44 bits per heavy atom. The molecule has 3 nitrogen and oxygen atoms in total. The molecule has 0 bridgehead atoms. The highest BCUT2D eigenvalue weighted by atomic mass is 14.9. The lowest BCUT2D eigenvalue weighted by Crippen LogP contribution is -2.16. The van der Waals surface area contributed by atoms with Crippen molar-refractivity contribution in [2.24, 2.45) is 0 Å². The zero-order chi connectivity index (χ0) is 11.0. The van der Waals surface area contributed by atoms with Crippen LogP contribution in [0.4, 0.5) is 0 Å². The van der Waals surface area contributed by atoms with E-state index in [-0.39, 0.29) is 6.71 Å². The summed E-state index contributed by atoms with van der Waals surface area (Å²) in [6.45, 7) is 0.139. The van der Waals surface area contributed by atoms with Gasteiger partial charge in [0.25, 0.3) is 6.71 Å². The number of nitrogens with zero attached hydrogens (tertiary/aromatic N) is 2. The van der Waals surface area contributed by atoms with Crippen LogP contribution in [0.15, 0.2) is 24.3 Å². The topological polar surface area (TPSA) is 52.5 Å². The Balaban J connectivity index is 2.03. The Labute approximate surface area is 94.6 Å². The number of rotatable bonds is 1. The van der Waals surface area contributed by atoms with E-state index in [4.69, 9.17) is 5.26 Å². The Hall–Kier alpha value is -1.76. The summed E-state index contributed by atoms with van der Waals surface area (Å²) in [7, 11) is 0. The molecule has 1 N–H and O–H groups in total. The minimum atomic E-state index is 0.139. The number of para-hydroxylation sites is 2. The van der Waals surface area contributed by atoms with Crippen LogP contribution in [0.5, 0.6) is 0 Å². The molecule has 1 atom stereocenters. The van der Waals surface area contributed by atoms with E-state index in [1.54, 1.807) is 0 Å². The lowest BCUT2D eigenvalue weighted by atomic mass is 9.44. The normalized spacial score (nSPS) is 20.2. The molecule has 0 radical (unpaired) electrons. The molecule has 1 aromatic carbocycles. The lowest BCUT2D eigenvalue weighted by Gasteiger charge is -2.06. The number of hydrogen-bond donors (Lipinski definition) is 1. The third-order valence-electron chi connectivity index (χ3n) is 3.44. The SMILES string of the molecule is N#CB1CCCC1c1nc2ccccc2[nH]1. The summed E-state index contributed by atoms with van der Waals surface area (Å²) in [6, 6.07) is 8.03. The molecule has 2 heterocycles. The number of aromatic amines is 1. The van der Waals surface area contributed by atoms with Crippen LogP contribution < -0.4 is 0 Å². The highest BCUT2D eigenvalue weighted by molar-refractivity contribution is 6.69. The molecule has 78 valence electrons. The largest absolute Gasteiger partial charge is 0.342 e. The van der Waals surface area contributed by atoms with Crippen molar-refractivity contribution in [3.63, 3.8) is 0 Å². The van der Waals surface area contributed by atoms with Crippen molar-refractivity contribution in [1.82, 2.24) is 9.97 Å². The van der Waals surface area contributed by atoms with Gasteiger partial charge in [0, 0.05) is 11.8 Å². The van der Waals surface area contributed by atoms with Crippen LogP contribution in [-0.2, 0) is 0 Å². The molecular formula is C12H12BN3. The van der Waals surface area contributed by atoms with E-state index in [1.165, 1.54) is 0 Å². The standard InChI is InChI=1S/C12H12BN3/c14-8-13-7-3-4-9(13)12-15-10-5-1-2-6-11(10)16-12/h1-2,5-6,9H,3-4,7H2,(H,15,16). The molecule has 0 aliphatic carbocycles. The molecule has 0 spiro atoms. The van der Waals surface area contributed by atoms with Gasteiger partial charge in [0.15, 0.2) is 0 Å². The molecule has 1 aromatic heterocycles. The number of nitrogens with one attached hydrogen (secondary N) is 1. The first-order chi connectivity index (χ1) is 7.88. The van der Waals surface area contributed by atoms with E-state index in [9.17, 15) is 0 Å². The van der Waals surface area contributed by atoms with Gasteiger partial charge in [-0.25, -0.2) is 10.2 Å². The third-order valence-corrected chi connectivity index (χ3v) is 3.44. The van der Waals surface area contributed by atoms with Crippen LogP contribution in [0.25, 0.3) is 11.0 Å². The van der Waals surface area contributed by atoms with Crippen LogP contribution in [0.2, 0.25) is 6.32 Å². The molecule has 16 heavy (non-hydrogen) atoms. The maximum absolute atomic E-state index is 9.08. The quantitative estimate of drug-likeness (QED) is 0.733. The maximum Gasteiger partial charge on any atom is 0.278 e. The number of hydrogen-bond acceptors (Lipinski definition) is 2. The van der Waals surface area contributed by atoms with Crippen molar-refractivity contribution in [2.45, 2.75) is 25.0 Å². The Morgan fingerprint density at radius 3 is 3.12 bits per heavy atom. The Morgan fingerprint density at radius 2 is 2.31 bits per heavy atom. The fourth-order valence-electron chi connectivity index (χ4n) is 2.59. The molecule has 4 heteroatoms. The van der Waals surface area contributed by atoms with Crippen molar-refractivity contribution in [2.75, 3.05) is 0 Å². The van der Waals surface area contributed by atoms with Crippen molar-refractivity contribution < 1.29 is 0 Å². The van der Waals surface area contributed by atoms with Gasteiger partial charge in [-0.1, -0.05) is 24.9 Å². The second kappa shape index (κ2) is 3.68. The summed E-state index contributed by atoms with van der Waals surface area (Å²) in [5, 5.41) is 9.08. The fourth-order valence-corrected chi connectivity index (χ4v) is 2.59. The first-order valence-electron chi connectivity index (χ1n) is 5.73. The number of imidazole rings is 1. The van der Waals surface area contributed by atoms with Crippen LogP contribution in [-0.4, -0.2) is 16.7 Å². The van der Waals surface area contributed by atoms with E-state index in [0.717, 1.165) is 36.0 Å². The zero-order valence-electron chi connectivity index (χ0n) is 8.98. The number of H-pyrrole nitrogens is 1. The molecule has 0 saturated carbocycles.